The van der Waals surface area contributed by atoms with Crippen LogP contribution >= 0.6 is 0 Å². The molecule has 1 heterocycles. The molecule has 214 valence electrons. The molecule has 0 aliphatic heterocycles. The molecule has 9 heteroatoms. The minimum Gasteiger partial charge on any atom is -0.493 e. The summed E-state index contributed by atoms with van der Waals surface area (Å²) in [4.78, 5) is 30.3. The molecule has 3 aromatic carbocycles. The van der Waals surface area contributed by atoms with Crippen LogP contribution < -0.4 is 19.7 Å². The molecule has 0 bridgehead atoms. The van der Waals surface area contributed by atoms with Crippen molar-refractivity contribution >= 4 is 28.5 Å². The van der Waals surface area contributed by atoms with Gasteiger partial charge < -0.3 is 14.8 Å². The molecule has 0 saturated heterocycles. The van der Waals surface area contributed by atoms with Gasteiger partial charge in [0.05, 0.1) is 19.7 Å². The lowest BCUT2D eigenvalue weighted by Crippen LogP contribution is -2.51. The fraction of sp³-hybridized carbons (Fsp3) is 0.375. The zero-order chi connectivity index (χ0) is 29.1. The first-order chi connectivity index (χ1) is 19.8. The van der Waals surface area contributed by atoms with Gasteiger partial charge in [-0.05, 0) is 81.0 Å². The summed E-state index contributed by atoms with van der Waals surface area (Å²) < 4.78 is 12.9. The standard InChI is InChI=1S/C32H37N5O4/c1-6-32(2,3)33-31(39)29(24-13-10-16-27(40-4)30(24)41-5)37(23-18-17-21-11-9-12-22(21)19-23)28(38)20-36-26-15-8-7-14-25(26)34-35-36/h7-8,10,13-19,29H,6,9,11-12,20H2,1-5H3,(H,33,39). The molecular weight excluding hydrogens is 518 g/mol. The molecular formula is C32H37N5O4. The first-order valence-electron chi connectivity index (χ1n) is 14.0. The third kappa shape index (κ3) is 5.62. The van der Waals surface area contributed by atoms with Crippen molar-refractivity contribution in [2.75, 3.05) is 19.1 Å². The number of nitrogens with zero attached hydrogens (tertiary/aromatic N) is 4. The molecule has 0 saturated carbocycles. The molecule has 4 aromatic rings. The van der Waals surface area contributed by atoms with Crippen molar-refractivity contribution in [3.63, 3.8) is 0 Å². The number of amides is 2. The Hall–Kier alpha value is -4.40. The van der Waals surface area contributed by atoms with Crippen LogP contribution in [0.2, 0.25) is 0 Å². The Morgan fingerprint density at radius 3 is 2.56 bits per heavy atom. The smallest absolute Gasteiger partial charge is 0.249 e. The van der Waals surface area contributed by atoms with E-state index >= 15 is 0 Å². The highest BCUT2D eigenvalue weighted by Gasteiger charge is 2.38. The van der Waals surface area contributed by atoms with Gasteiger partial charge in [-0.25, -0.2) is 4.68 Å². The minimum absolute atomic E-state index is 0.106. The number of aromatic nitrogens is 3. The number of fused-ring (bicyclic) bond motifs is 2. The summed E-state index contributed by atoms with van der Waals surface area (Å²) in [5.74, 6) is 0.245. The van der Waals surface area contributed by atoms with E-state index in [0.717, 1.165) is 24.8 Å². The Kier molecular flexibility index (Phi) is 7.97. The maximum atomic E-state index is 14.4. The summed E-state index contributed by atoms with van der Waals surface area (Å²) in [6, 6.07) is 17.9. The van der Waals surface area contributed by atoms with E-state index < -0.39 is 11.6 Å². The van der Waals surface area contributed by atoms with Crippen LogP contribution in [-0.4, -0.2) is 46.6 Å². The number of hydrogen-bond donors (Lipinski definition) is 1. The van der Waals surface area contributed by atoms with Gasteiger partial charge in [0.15, 0.2) is 11.5 Å². The Morgan fingerprint density at radius 1 is 1.02 bits per heavy atom. The van der Waals surface area contributed by atoms with Crippen LogP contribution in [0.15, 0.2) is 60.7 Å². The van der Waals surface area contributed by atoms with Gasteiger partial charge in [0.1, 0.15) is 18.1 Å². The number of para-hydroxylation sites is 2. The Bertz CT molecular complexity index is 1580. The van der Waals surface area contributed by atoms with E-state index in [1.54, 1.807) is 28.8 Å². The molecule has 1 aliphatic rings. The summed E-state index contributed by atoms with van der Waals surface area (Å²) >= 11 is 0. The molecule has 2 amide bonds. The van der Waals surface area contributed by atoms with Crippen LogP contribution in [0.5, 0.6) is 11.5 Å². The number of carbonyl (C=O) groups is 2. The first kappa shape index (κ1) is 28.1. The van der Waals surface area contributed by atoms with Crippen LogP contribution in [0.4, 0.5) is 5.69 Å². The van der Waals surface area contributed by atoms with E-state index in [1.807, 2.05) is 63.2 Å². The molecule has 41 heavy (non-hydrogen) atoms. The number of rotatable bonds is 10. The molecule has 1 aromatic heterocycles. The van der Waals surface area contributed by atoms with Crippen molar-refractivity contribution < 1.29 is 19.1 Å². The summed E-state index contributed by atoms with van der Waals surface area (Å²) in [6.07, 6.45) is 3.71. The molecule has 5 rings (SSSR count). The fourth-order valence-electron chi connectivity index (χ4n) is 5.40. The van der Waals surface area contributed by atoms with Gasteiger partial charge in [-0.15, -0.1) is 5.10 Å². The molecule has 1 N–H and O–H groups in total. The average Bonchev–Trinajstić information content (AvgIpc) is 3.61. The summed E-state index contributed by atoms with van der Waals surface area (Å²) in [5, 5.41) is 11.7. The van der Waals surface area contributed by atoms with Crippen molar-refractivity contribution in [1.82, 2.24) is 20.3 Å². The van der Waals surface area contributed by atoms with Gasteiger partial charge in [0, 0.05) is 16.8 Å². The molecule has 1 aliphatic carbocycles. The summed E-state index contributed by atoms with van der Waals surface area (Å²) in [5.41, 5.74) is 4.55. The van der Waals surface area contributed by atoms with Crippen LogP contribution in [0.25, 0.3) is 11.0 Å². The highest BCUT2D eigenvalue weighted by molar-refractivity contribution is 6.02. The summed E-state index contributed by atoms with van der Waals surface area (Å²) in [6.45, 7) is 5.84. The Balaban J connectivity index is 1.68. The lowest BCUT2D eigenvalue weighted by molar-refractivity contribution is -0.128. The van der Waals surface area contributed by atoms with Gasteiger partial charge in [-0.2, -0.15) is 0 Å². The van der Waals surface area contributed by atoms with Crippen molar-refractivity contribution in [2.45, 2.75) is 64.6 Å². The van der Waals surface area contributed by atoms with Gasteiger partial charge in [0.25, 0.3) is 0 Å². The van der Waals surface area contributed by atoms with E-state index in [0.29, 0.717) is 34.7 Å². The first-order valence-corrected chi connectivity index (χ1v) is 14.0. The van der Waals surface area contributed by atoms with E-state index in [-0.39, 0.29) is 18.4 Å². The number of benzene rings is 3. The molecule has 0 spiro atoms. The van der Waals surface area contributed by atoms with Gasteiger partial charge >= 0.3 is 0 Å². The van der Waals surface area contributed by atoms with Crippen LogP contribution in [0.3, 0.4) is 0 Å². The van der Waals surface area contributed by atoms with Gasteiger partial charge in [-0.1, -0.05) is 42.5 Å². The van der Waals surface area contributed by atoms with Crippen LogP contribution in [0.1, 0.15) is 56.3 Å². The number of nitrogens with one attached hydrogen (secondary N) is 1. The quantitative estimate of drug-likeness (QED) is 0.295. The van der Waals surface area contributed by atoms with Crippen molar-refractivity contribution in [2.24, 2.45) is 0 Å². The minimum atomic E-state index is -1.05. The van der Waals surface area contributed by atoms with E-state index in [4.69, 9.17) is 9.47 Å². The highest BCUT2D eigenvalue weighted by atomic mass is 16.5. The number of carbonyl (C=O) groups excluding carboxylic acids is 2. The second-order valence-electron chi connectivity index (χ2n) is 11.0. The van der Waals surface area contributed by atoms with E-state index in [9.17, 15) is 9.59 Å². The third-order valence-electron chi connectivity index (χ3n) is 7.91. The Morgan fingerprint density at radius 2 is 1.80 bits per heavy atom. The van der Waals surface area contributed by atoms with E-state index in [1.165, 1.54) is 18.2 Å². The number of ether oxygens (including phenoxy) is 2. The summed E-state index contributed by atoms with van der Waals surface area (Å²) in [7, 11) is 3.09. The molecule has 0 radical (unpaired) electrons. The van der Waals surface area contributed by atoms with Crippen LogP contribution in [-0.2, 0) is 29.0 Å². The number of anilines is 1. The zero-order valence-electron chi connectivity index (χ0n) is 24.3. The second-order valence-corrected chi connectivity index (χ2v) is 11.0. The SMILES string of the molecule is CCC(C)(C)NC(=O)C(c1cccc(OC)c1OC)N(C(=O)Cn1nnc2ccccc21)c1ccc2c(c1)CCC2. The fourth-order valence-corrected chi connectivity index (χ4v) is 5.40. The molecule has 1 atom stereocenters. The molecule has 0 fully saturated rings. The zero-order valence-corrected chi connectivity index (χ0v) is 24.3. The monoisotopic (exact) mass is 555 g/mol. The Labute approximate surface area is 240 Å². The normalized spacial score (nSPS) is 13.5. The maximum absolute atomic E-state index is 14.4. The second kappa shape index (κ2) is 11.6. The topological polar surface area (TPSA) is 98.6 Å². The lowest BCUT2D eigenvalue weighted by atomic mass is 9.97. The highest BCUT2D eigenvalue weighted by Crippen LogP contribution is 2.40. The molecule has 9 nitrogen and oxygen atoms in total. The lowest BCUT2D eigenvalue weighted by Gasteiger charge is -2.35. The van der Waals surface area contributed by atoms with Crippen molar-refractivity contribution in [3.05, 3.63) is 77.4 Å². The van der Waals surface area contributed by atoms with Crippen molar-refractivity contribution in [1.29, 1.82) is 0 Å². The van der Waals surface area contributed by atoms with E-state index in [2.05, 4.69) is 21.7 Å². The predicted molar refractivity (Wildman–Crippen MR) is 158 cm³/mol. The van der Waals surface area contributed by atoms with Crippen LogP contribution in [0, 0.1) is 0 Å². The van der Waals surface area contributed by atoms with Gasteiger partial charge in [0.2, 0.25) is 11.8 Å². The number of hydrogen-bond acceptors (Lipinski definition) is 6. The van der Waals surface area contributed by atoms with Crippen molar-refractivity contribution in [3.8, 4) is 11.5 Å². The average molecular weight is 556 g/mol. The maximum Gasteiger partial charge on any atom is 0.249 e. The number of methoxy groups -OCH3 is 2. The molecule has 1 unspecified atom stereocenters. The largest absolute Gasteiger partial charge is 0.493 e. The predicted octanol–water partition coefficient (Wildman–Crippen LogP) is 5.02. The third-order valence-corrected chi connectivity index (χ3v) is 7.91. The number of aryl methyl sites for hydroxylation is 2. The van der Waals surface area contributed by atoms with Gasteiger partial charge in [-0.3, -0.25) is 14.5 Å².